The number of fused-ring (bicyclic) bond motifs is 1. The summed E-state index contributed by atoms with van der Waals surface area (Å²) < 4.78 is 1.45. The molecule has 0 spiro atoms. The third-order valence-corrected chi connectivity index (χ3v) is 2.64. The van der Waals surface area contributed by atoms with Crippen LogP contribution in [0.3, 0.4) is 0 Å². The first-order chi connectivity index (χ1) is 5.72. The van der Waals surface area contributed by atoms with E-state index in [1.54, 1.807) is 7.05 Å². The minimum absolute atomic E-state index is 0.238. The Morgan fingerprint density at radius 1 is 1.00 bits per heavy atom. The number of hydrogen-bond donors (Lipinski definition) is 2. The molecule has 0 aliphatic heterocycles. The molecule has 1 heterocycles. The zero-order valence-electron chi connectivity index (χ0n) is 7.17. The maximum atomic E-state index is 9.57. The Kier molecular flexibility index (Phi) is 1.53. The fourth-order valence-corrected chi connectivity index (χ4v) is 1.90. The molecule has 0 bridgehead atoms. The molecule has 0 amide bonds. The largest absolute Gasteiger partial charge is 0.494 e. The lowest BCUT2D eigenvalue weighted by Gasteiger charge is -2.09. The molecule has 1 aliphatic rings. The summed E-state index contributed by atoms with van der Waals surface area (Å²) in [7, 11) is 1.68. The van der Waals surface area contributed by atoms with Gasteiger partial charge in [0.1, 0.15) is 0 Å². The van der Waals surface area contributed by atoms with Gasteiger partial charge in [-0.1, -0.05) is 0 Å². The van der Waals surface area contributed by atoms with Crippen molar-refractivity contribution in [2.75, 3.05) is 0 Å². The standard InChI is InChI=1S/C9H13NO2/c1-10-8(11)6-4-2-3-5-7(6)9(10)12/h11-12H,2-5H2,1H3. The molecule has 2 rings (SSSR count). The molecular formula is C9H13NO2. The van der Waals surface area contributed by atoms with E-state index in [1.807, 2.05) is 0 Å². The minimum Gasteiger partial charge on any atom is -0.494 e. The van der Waals surface area contributed by atoms with Gasteiger partial charge in [0, 0.05) is 18.2 Å². The molecule has 66 valence electrons. The first-order valence-corrected chi connectivity index (χ1v) is 4.30. The van der Waals surface area contributed by atoms with Crippen LogP contribution in [0, 0.1) is 0 Å². The molecule has 3 heteroatoms. The lowest BCUT2D eigenvalue weighted by molar-refractivity contribution is 0.384. The van der Waals surface area contributed by atoms with Crippen LogP contribution in [0.15, 0.2) is 0 Å². The Bertz CT molecular complexity index is 285. The SMILES string of the molecule is Cn1c(O)c2c(c1O)CCCC2. The van der Waals surface area contributed by atoms with Crippen molar-refractivity contribution in [3.8, 4) is 11.8 Å². The molecule has 0 atom stereocenters. The molecule has 0 unspecified atom stereocenters. The highest BCUT2D eigenvalue weighted by Crippen LogP contribution is 2.37. The van der Waals surface area contributed by atoms with Crippen molar-refractivity contribution in [2.45, 2.75) is 25.7 Å². The van der Waals surface area contributed by atoms with Gasteiger partial charge in [-0.15, -0.1) is 0 Å². The summed E-state index contributed by atoms with van der Waals surface area (Å²) in [6.45, 7) is 0. The van der Waals surface area contributed by atoms with E-state index in [-0.39, 0.29) is 11.8 Å². The molecule has 0 radical (unpaired) electrons. The lowest BCUT2D eigenvalue weighted by atomic mass is 9.95. The summed E-state index contributed by atoms with van der Waals surface area (Å²) in [6, 6.07) is 0. The number of aromatic hydroxyl groups is 2. The highest BCUT2D eigenvalue weighted by molar-refractivity contribution is 5.46. The minimum atomic E-state index is 0.238. The van der Waals surface area contributed by atoms with Crippen molar-refractivity contribution in [2.24, 2.45) is 7.05 Å². The van der Waals surface area contributed by atoms with Crippen LogP contribution in [-0.2, 0) is 19.9 Å². The van der Waals surface area contributed by atoms with Gasteiger partial charge >= 0.3 is 0 Å². The highest BCUT2D eigenvalue weighted by atomic mass is 16.3. The van der Waals surface area contributed by atoms with E-state index in [2.05, 4.69) is 0 Å². The summed E-state index contributed by atoms with van der Waals surface area (Å²) in [5, 5.41) is 19.1. The number of rotatable bonds is 0. The summed E-state index contributed by atoms with van der Waals surface area (Å²) in [5.41, 5.74) is 1.89. The number of aromatic nitrogens is 1. The summed E-state index contributed by atoms with van der Waals surface area (Å²) >= 11 is 0. The van der Waals surface area contributed by atoms with Crippen LogP contribution in [-0.4, -0.2) is 14.8 Å². The second kappa shape index (κ2) is 2.44. The maximum Gasteiger partial charge on any atom is 0.197 e. The van der Waals surface area contributed by atoms with Gasteiger partial charge in [-0.2, -0.15) is 0 Å². The van der Waals surface area contributed by atoms with Crippen LogP contribution in [0.4, 0.5) is 0 Å². The molecule has 1 aromatic rings. The zero-order valence-corrected chi connectivity index (χ0v) is 7.17. The third-order valence-electron chi connectivity index (χ3n) is 2.64. The third kappa shape index (κ3) is 0.823. The number of nitrogens with zero attached hydrogens (tertiary/aromatic N) is 1. The molecule has 0 aromatic carbocycles. The average Bonchev–Trinajstić information content (AvgIpc) is 2.33. The Morgan fingerprint density at radius 3 is 1.83 bits per heavy atom. The summed E-state index contributed by atoms with van der Waals surface area (Å²) in [6.07, 6.45) is 4.03. The van der Waals surface area contributed by atoms with Crippen molar-refractivity contribution in [3.63, 3.8) is 0 Å². The van der Waals surface area contributed by atoms with Gasteiger partial charge in [-0.05, 0) is 25.7 Å². The van der Waals surface area contributed by atoms with Gasteiger partial charge in [-0.25, -0.2) is 0 Å². The van der Waals surface area contributed by atoms with Crippen molar-refractivity contribution < 1.29 is 10.2 Å². The van der Waals surface area contributed by atoms with Gasteiger partial charge < -0.3 is 10.2 Å². The molecule has 1 aliphatic carbocycles. The monoisotopic (exact) mass is 167 g/mol. The van der Waals surface area contributed by atoms with Crippen LogP contribution in [0.5, 0.6) is 11.8 Å². The van der Waals surface area contributed by atoms with Crippen molar-refractivity contribution in [3.05, 3.63) is 11.1 Å². The quantitative estimate of drug-likeness (QED) is 0.612. The molecular weight excluding hydrogens is 154 g/mol. The normalized spacial score (nSPS) is 16.1. The topological polar surface area (TPSA) is 45.4 Å². The molecule has 0 saturated heterocycles. The van der Waals surface area contributed by atoms with Gasteiger partial charge in [0.15, 0.2) is 11.8 Å². The van der Waals surface area contributed by atoms with Crippen LogP contribution >= 0.6 is 0 Å². The predicted molar refractivity (Wildman–Crippen MR) is 45.4 cm³/mol. The first-order valence-electron chi connectivity index (χ1n) is 4.30. The summed E-state index contributed by atoms with van der Waals surface area (Å²) in [4.78, 5) is 0. The molecule has 3 nitrogen and oxygen atoms in total. The second-order valence-corrected chi connectivity index (χ2v) is 3.37. The highest BCUT2D eigenvalue weighted by Gasteiger charge is 2.22. The van der Waals surface area contributed by atoms with Gasteiger partial charge in [0.05, 0.1) is 0 Å². The Labute approximate surface area is 71.3 Å². The van der Waals surface area contributed by atoms with Gasteiger partial charge in [-0.3, -0.25) is 4.57 Å². The van der Waals surface area contributed by atoms with Gasteiger partial charge in [0.2, 0.25) is 0 Å². The van der Waals surface area contributed by atoms with Crippen molar-refractivity contribution in [1.82, 2.24) is 4.57 Å². The van der Waals surface area contributed by atoms with E-state index < -0.39 is 0 Å². The van der Waals surface area contributed by atoms with E-state index in [0.717, 1.165) is 36.8 Å². The first kappa shape index (κ1) is 7.53. The summed E-state index contributed by atoms with van der Waals surface area (Å²) in [5.74, 6) is 0.476. The Balaban J connectivity index is 2.60. The maximum absolute atomic E-state index is 9.57. The molecule has 0 saturated carbocycles. The molecule has 1 aromatic heterocycles. The van der Waals surface area contributed by atoms with Crippen molar-refractivity contribution in [1.29, 1.82) is 0 Å². The smallest absolute Gasteiger partial charge is 0.197 e. The Hall–Kier alpha value is -1.12. The Morgan fingerprint density at radius 2 is 1.42 bits per heavy atom. The van der Waals surface area contributed by atoms with Crippen LogP contribution < -0.4 is 0 Å². The van der Waals surface area contributed by atoms with E-state index >= 15 is 0 Å². The van der Waals surface area contributed by atoms with E-state index in [0.29, 0.717) is 0 Å². The van der Waals surface area contributed by atoms with Crippen LogP contribution in [0.2, 0.25) is 0 Å². The van der Waals surface area contributed by atoms with E-state index in [9.17, 15) is 10.2 Å². The number of hydrogen-bond acceptors (Lipinski definition) is 2. The van der Waals surface area contributed by atoms with Crippen molar-refractivity contribution >= 4 is 0 Å². The van der Waals surface area contributed by atoms with Crippen LogP contribution in [0.25, 0.3) is 0 Å². The zero-order chi connectivity index (χ0) is 8.72. The van der Waals surface area contributed by atoms with E-state index in [1.165, 1.54) is 4.57 Å². The average molecular weight is 167 g/mol. The second-order valence-electron chi connectivity index (χ2n) is 3.37. The molecule has 2 N–H and O–H groups in total. The van der Waals surface area contributed by atoms with Crippen LogP contribution in [0.1, 0.15) is 24.0 Å². The fourth-order valence-electron chi connectivity index (χ4n) is 1.90. The predicted octanol–water partition coefficient (Wildman–Crippen LogP) is 1.32. The van der Waals surface area contributed by atoms with E-state index in [4.69, 9.17) is 0 Å². The fraction of sp³-hybridized carbons (Fsp3) is 0.556. The molecule has 0 fully saturated rings. The van der Waals surface area contributed by atoms with Gasteiger partial charge in [0.25, 0.3) is 0 Å². The molecule has 12 heavy (non-hydrogen) atoms. The lowest BCUT2D eigenvalue weighted by Crippen LogP contribution is -1.98.